The number of methoxy groups -OCH3 is 1. The third kappa shape index (κ3) is 4.97. The smallest absolute Gasteiger partial charge is 0.253 e. The molecule has 0 unspecified atom stereocenters. The average molecular weight is 403 g/mol. The van der Waals surface area contributed by atoms with E-state index in [1.54, 1.807) is 7.11 Å². The monoisotopic (exact) mass is 402 g/mol. The number of carbonyl (C=O) groups excluding carboxylic acids is 1. The summed E-state index contributed by atoms with van der Waals surface area (Å²) in [5.74, 6) is 0.780. The van der Waals surface area contributed by atoms with Gasteiger partial charge in [0, 0.05) is 48.0 Å². The Labute approximate surface area is 171 Å². The van der Waals surface area contributed by atoms with E-state index in [2.05, 4.69) is 4.90 Å². The number of benzene rings is 2. The van der Waals surface area contributed by atoms with E-state index in [-0.39, 0.29) is 12.0 Å². The standard InChI is InChI=1S/C22H27ClN2O3/c1-16(2)28-15-18-13-17(7-8-21(18)27-3)22(26)25-11-9-24(10-12-25)20-6-4-5-19(23)14-20/h4-8,13-14,16H,9-12,15H2,1-3H3. The lowest BCUT2D eigenvalue weighted by molar-refractivity contribution is 0.0642. The molecule has 5 nitrogen and oxygen atoms in total. The Morgan fingerprint density at radius 3 is 2.50 bits per heavy atom. The van der Waals surface area contributed by atoms with Crippen molar-refractivity contribution in [3.63, 3.8) is 0 Å². The van der Waals surface area contributed by atoms with Crippen molar-refractivity contribution in [1.29, 1.82) is 0 Å². The summed E-state index contributed by atoms with van der Waals surface area (Å²) in [5, 5.41) is 0.727. The number of anilines is 1. The van der Waals surface area contributed by atoms with Crippen LogP contribution >= 0.6 is 11.6 Å². The summed E-state index contributed by atoms with van der Waals surface area (Å²) in [5.41, 5.74) is 2.65. The Morgan fingerprint density at radius 1 is 1.11 bits per heavy atom. The summed E-state index contributed by atoms with van der Waals surface area (Å²) >= 11 is 6.10. The first-order valence-electron chi connectivity index (χ1n) is 9.56. The normalized spacial score (nSPS) is 14.5. The highest BCUT2D eigenvalue weighted by Crippen LogP contribution is 2.24. The maximum absolute atomic E-state index is 13.0. The highest BCUT2D eigenvalue weighted by molar-refractivity contribution is 6.30. The van der Waals surface area contributed by atoms with Gasteiger partial charge in [0.05, 0.1) is 19.8 Å². The first-order chi connectivity index (χ1) is 13.5. The maximum Gasteiger partial charge on any atom is 0.253 e. The zero-order valence-electron chi connectivity index (χ0n) is 16.7. The summed E-state index contributed by atoms with van der Waals surface area (Å²) in [6, 6.07) is 13.4. The molecular weight excluding hydrogens is 376 g/mol. The number of amides is 1. The predicted octanol–water partition coefficient (Wildman–Crippen LogP) is 4.24. The second-order valence-electron chi connectivity index (χ2n) is 7.15. The molecule has 150 valence electrons. The van der Waals surface area contributed by atoms with Gasteiger partial charge in [0.1, 0.15) is 5.75 Å². The largest absolute Gasteiger partial charge is 0.496 e. The van der Waals surface area contributed by atoms with Crippen molar-refractivity contribution in [2.75, 3.05) is 38.2 Å². The summed E-state index contributed by atoms with van der Waals surface area (Å²) < 4.78 is 11.1. The molecule has 0 radical (unpaired) electrons. The number of rotatable bonds is 6. The van der Waals surface area contributed by atoms with Crippen LogP contribution in [0.25, 0.3) is 0 Å². The first kappa shape index (κ1) is 20.5. The van der Waals surface area contributed by atoms with Gasteiger partial charge in [-0.15, -0.1) is 0 Å². The van der Waals surface area contributed by atoms with Crippen molar-refractivity contribution in [2.24, 2.45) is 0 Å². The van der Waals surface area contributed by atoms with Gasteiger partial charge in [0.25, 0.3) is 5.91 Å². The zero-order chi connectivity index (χ0) is 20.1. The molecule has 1 fully saturated rings. The number of carbonyl (C=O) groups is 1. The second kappa shape index (κ2) is 9.30. The van der Waals surface area contributed by atoms with Crippen molar-refractivity contribution in [2.45, 2.75) is 26.6 Å². The fourth-order valence-electron chi connectivity index (χ4n) is 3.30. The van der Waals surface area contributed by atoms with Crippen LogP contribution in [0.1, 0.15) is 29.8 Å². The minimum Gasteiger partial charge on any atom is -0.496 e. The fraction of sp³-hybridized carbons (Fsp3) is 0.409. The second-order valence-corrected chi connectivity index (χ2v) is 7.58. The van der Waals surface area contributed by atoms with E-state index in [1.165, 1.54) is 0 Å². The molecule has 2 aromatic carbocycles. The van der Waals surface area contributed by atoms with E-state index in [1.807, 2.05) is 61.2 Å². The van der Waals surface area contributed by atoms with E-state index < -0.39 is 0 Å². The van der Waals surface area contributed by atoms with E-state index in [9.17, 15) is 4.79 Å². The van der Waals surface area contributed by atoms with Crippen LogP contribution < -0.4 is 9.64 Å². The molecule has 0 aromatic heterocycles. The van der Waals surface area contributed by atoms with Crippen LogP contribution in [0.15, 0.2) is 42.5 Å². The van der Waals surface area contributed by atoms with Crippen molar-refractivity contribution < 1.29 is 14.3 Å². The van der Waals surface area contributed by atoms with Crippen molar-refractivity contribution >= 4 is 23.2 Å². The van der Waals surface area contributed by atoms with Gasteiger partial charge in [-0.3, -0.25) is 4.79 Å². The van der Waals surface area contributed by atoms with E-state index >= 15 is 0 Å². The minimum atomic E-state index is 0.0409. The summed E-state index contributed by atoms with van der Waals surface area (Å²) in [7, 11) is 1.63. The Kier molecular flexibility index (Phi) is 6.81. The lowest BCUT2D eigenvalue weighted by atomic mass is 10.1. The minimum absolute atomic E-state index is 0.0409. The van der Waals surface area contributed by atoms with Crippen molar-refractivity contribution in [3.05, 3.63) is 58.6 Å². The van der Waals surface area contributed by atoms with Crippen LogP contribution in [0.5, 0.6) is 5.75 Å². The molecule has 0 saturated carbocycles. The summed E-state index contributed by atoms with van der Waals surface area (Å²) in [4.78, 5) is 17.1. The van der Waals surface area contributed by atoms with Gasteiger partial charge in [-0.25, -0.2) is 0 Å². The summed E-state index contributed by atoms with van der Waals surface area (Å²) in [6.07, 6.45) is 0.114. The van der Waals surface area contributed by atoms with Gasteiger partial charge < -0.3 is 19.3 Å². The molecule has 6 heteroatoms. The number of piperazine rings is 1. The molecule has 0 aliphatic carbocycles. The topological polar surface area (TPSA) is 42.0 Å². The van der Waals surface area contributed by atoms with E-state index in [0.29, 0.717) is 25.3 Å². The van der Waals surface area contributed by atoms with Crippen molar-refractivity contribution in [1.82, 2.24) is 4.90 Å². The van der Waals surface area contributed by atoms with E-state index in [4.69, 9.17) is 21.1 Å². The Hall–Kier alpha value is -2.24. The number of hydrogen-bond donors (Lipinski definition) is 0. The molecule has 0 N–H and O–H groups in total. The first-order valence-corrected chi connectivity index (χ1v) is 9.94. The molecule has 1 aliphatic rings. The van der Waals surface area contributed by atoms with Crippen molar-refractivity contribution in [3.8, 4) is 5.75 Å². The molecule has 2 aromatic rings. The van der Waals surface area contributed by atoms with Gasteiger partial charge >= 0.3 is 0 Å². The number of hydrogen-bond acceptors (Lipinski definition) is 4. The Balaban J connectivity index is 1.67. The Bertz CT molecular complexity index is 817. The van der Waals surface area contributed by atoms with Crippen LogP contribution in [0.4, 0.5) is 5.69 Å². The number of ether oxygens (including phenoxy) is 2. The molecule has 0 atom stereocenters. The third-order valence-electron chi connectivity index (χ3n) is 4.84. The molecule has 1 saturated heterocycles. The maximum atomic E-state index is 13.0. The van der Waals surface area contributed by atoms with Gasteiger partial charge in [0.15, 0.2) is 0 Å². The molecule has 1 aliphatic heterocycles. The molecule has 1 heterocycles. The Morgan fingerprint density at radius 2 is 1.86 bits per heavy atom. The molecule has 0 bridgehead atoms. The van der Waals surface area contributed by atoms with Crippen LogP contribution in [-0.2, 0) is 11.3 Å². The third-order valence-corrected chi connectivity index (χ3v) is 5.07. The average Bonchev–Trinajstić information content (AvgIpc) is 2.71. The number of halogens is 1. The number of nitrogens with zero attached hydrogens (tertiary/aromatic N) is 2. The van der Waals surface area contributed by atoms with Gasteiger partial charge in [-0.2, -0.15) is 0 Å². The lowest BCUT2D eigenvalue weighted by Crippen LogP contribution is -2.48. The molecule has 0 spiro atoms. The SMILES string of the molecule is COc1ccc(C(=O)N2CCN(c3cccc(Cl)c3)CC2)cc1COC(C)C. The molecule has 3 rings (SSSR count). The van der Waals surface area contributed by atoms with Gasteiger partial charge in [0.2, 0.25) is 0 Å². The fourth-order valence-corrected chi connectivity index (χ4v) is 3.49. The van der Waals surface area contributed by atoms with Crippen LogP contribution in [0.3, 0.4) is 0 Å². The van der Waals surface area contributed by atoms with Gasteiger partial charge in [-0.1, -0.05) is 17.7 Å². The van der Waals surface area contributed by atoms with E-state index in [0.717, 1.165) is 35.1 Å². The lowest BCUT2D eigenvalue weighted by Gasteiger charge is -2.36. The quantitative estimate of drug-likeness (QED) is 0.724. The predicted molar refractivity (Wildman–Crippen MR) is 112 cm³/mol. The van der Waals surface area contributed by atoms with Crippen LogP contribution in [0, 0.1) is 0 Å². The zero-order valence-corrected chi connectivity index (χ0v) is 17.4. The van der Waals surface area contributed by atoms with Crippen LogP contribution in [0.2, 0.25) is 5.02 Å². The van der Waals surface area contributed by atoms with Gasteiger partial charge in [-0.05, 0) is 50.2 Å². The van der Waals surface area contributed by atoms with Crippen LogP contribution in [-0.4, -0.2) is 50.2 Å². The highest BCUT2D eigenvalue weighted by Gasteiger charge is 2.23. The summed E-state index contributed by atoms with van der Waals surface area (Å²) in [6.45, 7) is 7.31. The molecule has 28 heavy (non-hydrogen) atoms. The molecule has 1 amide bonds. The highest BCUT2D eigenvalue weighted by atomic mass is 35.5. The molecular formula is C22H27ClN2O3.